The van der Waals surface area contributed by atoms with E-state index in [-0.39, 0.29) is 18.4 Å². The van der Waals surface area contributed by atoms with Crippen LogP contribution < -0.4 is 10.1 Å². The van der Waals surface area contributed by atoms with Gasteiger partial charge < -0.3 is 19.8 Å². The van der Waals surface area contributed by atoms with Gasteiger partial charge >= 0.3 is 5.97 Å². The fraction of sp³-hybridized carbons (Fsp3) is 0.273. The molecule has 0 radical (unpaired) electrons. The molecule has 1 aliphatic rings. The number of aromatic amines is 1. The molecule has 0 spiro atoms. The Hall–Kier alpha value is -3.28. The first-order valence-corrected chi connectivity index (χ1v) is 9.38. The lowest BCUT2D eigenvalue weighted by Gasteiger charge is -2.27. The zero-order valence-corrected chi connectivity index (χ0v) is 15.6. The molecule has 3 aromatic rings. The molecular weight excluding hydrogens is 356 g/mol. The maximum absolute atomic E-state index is 12.5. The summed E-state index contributed by atoms with van der Waals surface area (Å²) < 4.78 is 11.0. The van der Waals surface area contributed by atoms with Crippen molar-refractivity contribution in [2.24, 2.45) is 0 Å². The lowest BCUT2D eigenvalue weighted by atomic mass is 10.0. The van der Waals surface area contributed by atoms with Crippen molar-refractivity contribution in [3.63, 3.8) is 0 Å². The largest absolute Gasteiger partial charge is 0.493 e. The van der Waals surface area contributed by atoms with Gasteiger partial charge in [0.25, 0.3) is 5.91 Å². The Morgan fingerprint density at radius 3 is 2.89 bits per heavy atom. The Balaban J connectivity index is 1.36. The molecule has 1 aliphatic heterocycles. The summed E-state index contributed by atoms with van der Waals surface area (Å²) in [5, 5.41) is 3.95. The highest BCUT2D eigenvalue weighted by Crippen LogP contribution is 2.31. The van der Waals surface area contributed by atoms with Crippen molar-refractivity contribution >= 4 is 22.8 Å². The van der Waals surface area contributed by atoms with Crippen LogP contribution in [0.4, 0.5) is 0 Å². The van der Waals surface area contributed by atoms with Crippen LogP contribution in [0.2, 0.25) is 0 Å². The SMILES string of the molecule is C[C@H](OC(=O)Cc1c[nH]c2ccccc12)C(=O)N[C@H]1CCOc2ccccc21. The third kappa shape index (κ3) is 3.71. The van der Waals surface area contributed by atoms with Gasteiger partial charge in [0.2, 0.25) is 0 Å². The fourth-order valence-corrected chi connectivity index (χ4v) is 3.51. The molecule has 2 N–H and O–H groups in total. The van der Waals surface area contributed by atoms with Gasteiger partial charge in [-0.25, -0.2) is 0 Å². The van der Waals surface area contributed by atoms with E-state index in [1.54, 1.807) is 13.1 Å². The molecule has 2 atom stereocenters. The fourth-order valence-electron chi connectivity index (χ4n) is 3.51. The Morgan fingerprint density at radius 2 is 2.00 bits per heavy atom. The van der Waals surface area contributed by atoms with E-state index in [0.29, 0.717) is 13.0 Å². The van der Waals surface area contributed by atoms with Gasteiger partial charge in [0.1, 0.15) is 5.75 Å². The van der Waals surface area contributed by atoms with Crippen LogP contribution in [-0.2, 0) is 20.7 Å². The minimum absolute atomic E-state index is 0.113. The number of carbonyl (C=O) groups excluding carboxylic acids is 2. The zero-order chi connectivity index (χ0) is 19.5. The molecule has 0 bridgehead atoms. The van der Waals surface area contributed by atoms with Crippen molar-refractivity contribution in [3.8, 4) is 5.75 Å². The Morgan fingerprint density at radius 1 is 1.21 bits per heavy atom. The van der Waals surface area contributed by atoms with Gasteiger partial charge in [-0.3, -0.25) is 9.59 Å². The third-order valence-corrected chi connectivity index (χ3v) is 4.96. The van der Waals surface area contributed by atoms with E-state index in [9.17, 15) is 9.59 Å². The monoisotopic (exact) mass is 378 g/mol. The van der Waals surface area contributed by atoms with E-state index in [4.69, 9.17) is 9.47 Å². The summed E-state index contributed by atoms with van der Waals surface area (Å²) in [5.41, 5.74) is 2.76. The van der Waals surface area contributed by atoms with E-state index < -0.39 is 12.1 Å². The van der Waals surface area contributed by atoms with Gasteiger partial charge in [-0.05, 0) is 24.6 Å². The van der Waals surface area contributed by atoms with Crippen LogP contribution in [0.25, 0.3) is 10.9 Å². The summed E-state index contributed by atoms with van der Waals surface area (Å²) in [6.07, 6.45) is 1.73. The van der Waals surface area contributed by atoms with Gasteiger partial charge in [0.15, 0.2) is 6.10 Å². The molecule has 0 unspecified atom stereocenters. The molecule has 6 heteroatoms. The first-order chi connectivity index (χ1) is 13.6. The number of carbonyl (C=O) groups is 2. The smallest absolute Gasteiger partial charge is 0.311 e. The highest BCUT2D eigenvalue weighted by Gasteiger charge is 2.26. The van der Waals surface area contributed by atoms with E-state index in [0.717, 1.165) is 27.8 Å². The molecule has 1 aromatic heterocycles. The van der Waals surface area contributed by atoms with Crippen LogP contribution in [0.5, 0.6) is 5.75 Å². The second-order valence-electron chi connectivity index (χ2n) is 6.90. The van der Waals surface area contributed by atoms with Crippen molar-refractivity contribution in [2.75, 3.05) is 6.61 Å². The summed E-state index contributed by atoms with van der Waals surface area (Å²) in [4.78, 5) is 28.0. The molecule has 0 fully saturated rings. The Bertz CT molecular complexity index is 1010. The van der Waals surface area contributed by atoms with Gasteiger partial charge in [-0.2, -0.15) is 0 Å². The van der Waals surface area contributed by atoms with E-state index in [1.165, 1.54) is 0 Å². The lowest BCUT2D eigenvalue weighted by Crippen LogP contribution is -2.39. The summed E-state index contributed by atoms with van der Waals surface area (Å²) in [6.45, 7) is 2.13. The van der Waals surface area contributed by atoms with Crippen molar-refractivity contribution in [3.05, 3.63) is 65.9 Å². The minimum Gasteiger partial charge on any atom is -0.493 e. The standard InChI is InChI=1S/C22H22N2O4/c1-14(22(26)24-19-10-11-27-20-9-5-3-7-17(19)20)28-21(25)12-15-13-23-18-8-4-2-6-16(15)18/h2-9,13-14,19,23H,10-12H2,1H3,(H,24,26)/t14-,19-/m0/s1. The lowest BCUT2D eigenvalue weighted by molar-refractivity contribution is -0.154. The normalized spacial score (nSPS) is 16.7. The molecule has 0 aliphatic carbocycles. The van der Waals surface area contributed by atoms with Crippen molar-refractivity contribution in [1.82, 2.24) is 10.3 Å². The number of rotatable bonds is 5. The number of fused-ring (bicyclic) bond motifs is 2. The molecule has 0 saturated heterocycles. The number of nitrogens with one attached hydrogen (secondary N) is 2. The van der Waals surface area contributed by atoms with Crippen LogP contribution in [0.1, 0.15) is 30.5 Å². The van der Waals surface area contributed by atoms with Crippen molar-refractivity contribution < 1.29 is 19.1 Å². The maximum atomic E-state index is 12.5. The molecular formula is C22H22N2O4. The number of aromatic nitrogens is 1. The number of hydrogen-bond acceptors (Lipinski definition) is 4. The molecule has 4 rings (SSSR count). The van der Waals surface area contributed by atoms with Crippen molar-refractivity contribution in [2.45, 2.75) is 31.9 Å². The molecule has 6 nitrogen and oxygen atoms in total. The minimum atomic E-state index is -0.868. The first kappa shape index (κ1) is 18.1. The van der Waals surface area contributed by atoms with Crippen LogP contribution in [-0.4, -0.2) is 29.6 Å². The first-order valence-electron chi connectivity index (χ1n) is 9.38. The average Bonchev–Trinajstić information content (AvgIpc) is 3.11. The van der Waals surface area contributed by atoms with Gasteiger partial charge in [0.05, 0.1) is 19.1 Å². The van der Waals surface area contributed by atoms with Gasteiger partial charge in [-0.1, -0.05) is 36.4 Å². The topological polar surface area (TPSA) is 80.4 Å². The number of ether oxygens (including phenoxy) is 2. The second-order valence-corrected chi connectivity index (χ2v) is 6.90. The summed E-state index contributed by atoms with van der Waals surface area (Å²) in [5.74, 6) is 0.0387. The number of esters is 1. The molecule has 28 heavy (non-hydrogen) atoms. The molecule has 0 saturated carbocycles. The molecule has 1 amide bonds. The molecule has 2 aromatic carbocycles. The second kappa shape index (κ2) is 7.76. The average molecular weight is 378 g/mol. The Labute approximate surface area is 162 Å². The number of benzene rings is 2. The molecule has 2 heterocycles. The van der Waals surface area contributed by atoms with E-state index in [2.05, 4.69) is 10.3 Å². The number of hydrogen-bond donors (Lipinski definition) is 2. The van der Waals surface area contributed by atoms with E-state index in [1.807, 2.05) is 48.5 Å². The number of H-pyrrole nitrogens is 1. The predicted octanol–water partition coefficient (Wildman–Crippen LogP) is 3.28. The Kier molecular flexibility index (Phi) is 5.02. The van der Waals surface area contributed by atoms with Gasteiger partial charge in [0, 0.05) is 29.1 Å². The van der Waals surface area contributed by atoms with Crippen LogP contribution in [0.15, 0.2) is 54.7 Å². The van der Waals surface area contributed by atoms with Crippen molar-refractivity contribution in [1.29, 1.82) is 0 Å². The summed E-state index contributed by atoms with van der Waals surface area (Å²) in [6, 6.07) is 15.3. The van der Waals surface area contributed by atoms with Crippen LogP contribution in [0.3, 0.4) is 0 Å². The molecule has 144 valence electrons. The summed E-state index contributed by atoms with van der Waals surface area (Å²) >= 11 is 0. The van der Waals surface area contributed by atoms with Crippen LogP contribution in [0, 0.1) is 0 Å². The zero-order valence-electron chi connectivity index (χ0n) is 15.6. The highest BCUT2D eigenvalue weighted by molar-refractivity contribution is 5.88. The highest BCUT2D eigenvalue weighted by atomic mass is 16.5. The maximum Gasteiger partial charge on any atom is 0.311 e. The quantitative estimate of drug-likeness (QED) is 0.668. The third-order valence-electron chi connectivity index (χ3n) is 4.96. The predicted molar refractivity (Wildman–Crippen MR) is 105 cm³/mol. The number of amides is 1. The van der Waals surface area contributed by atoms with Gasteiger partial charge in [-0.15, -0.1) is 0 Å². The summed E-state index contributed by atoms with van der Waals surface area (Å²) in [7, 11) is 0. The van der Waals surface area contributed by atoms with E-state index >= 15 is 0 Å². The number of para-hydroxylation sites is 2. The van der Waals surface area contributed by atoms with Crippen LogP contribution >= 0.6 is 0 Å².